The molecule has 0 aliphatic rings. The molecule has 0 spiro atoms. The van der Waals surface area contributed by atoms with Gasteiger partial charge in [0.15, 0.2) is 0 Å². The summed E-state index contributed by atoms with van der Waals surface area (Å²) >= 11 is 0. The van der Waals surface area contributed by atoms with Crippen molar-refractivity contribution in [2.45, 2.75) is 18.7 Å². The van der Waals surface area contributed by atoms with Crippen molar-refractivity contribution in [1.29, 1.82) is 0 Å². The van der Waals surface area contributed by atoms with Gasteiger partial charge in [0.1, 0.15) is 4.90 Å². The molecule has 5 nitrogen and oxygen atoms in total. The molecule has 0 amide bonds. The molecule has 0 fully saturated rings. The van der Waals surface area contributed by atoms with E-state index >= 15 is 0 Å². The van der Waals surface area contributed by atoms with Crippen molar-refractivity contribution in [2.24, 2.45) is 0 Å². The van der Waals surface area contributed by atoms with Crippen molar-refractivity contribution in [2.75, 3.05) is 19.9 Å². The Morgan fingerprint density at radius 3 is 2.25 bits per heavy atom. The van der Waals surface area contributed by atoms with Crippen LogP contribution in [0.25, 0.3) is 0 Å². The summed E-state index contributed by atoms with van der Waals surface area (Å²) in [4.78, 5) is 4.82. The molecule has 0 radical (unpaired) electrons. The van der Waals surface area contributed by atoms with Gasteiger partial charge in [-0.2, -0.15) is 0 Å². The van der Waals surface area contributed by atoms with Gasteiger partial charge in [-0.05, 0) is 25.0 Å². The number of nitrogens with zero attached hydrogens (tertiary/aromatic N) is 1. The van der Waals surface area contributed by atoms with Crippen molar-refractivity contribution >= 4 is 15.7 Å². The summed E-state index contributed by atoms with van der Waals surface area (Å²) in [6, 6.07) is 3.51. The Bertz CT molecular complexity index is 497. The van der Waals surface area contributed by atoms with E-state index in [-0.39, 0.29) is 10.6 Å². The second-order valence-electron chi connectivity index (χ2n) is 3.54. The van der Waals surface area contributed by atoms with Crippen LogP contribution >= 0.6 is 0 Å². The summed E-state index contributed by atoms with van der Waals surface area (Å²) in [7, 11) is -1.07. The van der Waals surface area contributed by atoms with Gasteiger partial charge in [0.05, 0.1) is 12.8 Å². The minimum absolute atomic E-state index is 0.108. The van der Waals surface area contributed by atoms with Crippen molar-refractivity contribution in [1.82, 2.24) is 4.47 Å². The van der Waals surface area contributed by atoms with Gasteiger partial charge >= 0.3 is 0 Å². The van der Waals surface area contributed by atoms with Crippen LogP contribution < -0.4 is 5.73 Å². The van der Waals surface area contributed by atoms with Crippen LogP contribution in [0.1, 0.15) is 11.1 Å². The van der Waals surface area contributed by atoms with Gasteiger partial charge in [-0.3, -0.25) is 4.84 Å². The molecule has 0 aliphatic carbocycles. The first-order valence-corrected chi connectivity index (χ1v) is 6.15. The summed E-state index contributed by atoms with van der Waals surface area (Å²) in [6.07, 6.45) is 0. The summed E-state index contributed by atoms with van der Waals surface area (Å²) in [6.45, 7) is 3.47. The molecule has 1 aromatic rings. The van der Waals surface area contributed by atoms with Crippen LogP contribution in [-0.2, 0) is 14.9 Å². The number of aryl methyl sites for hydroxylation is 2. The highest BCUT2D eigenvalue weighted by Crippen LogP contribution is 2.27. The van der Waals surface area contributed by atoms with Gasteiger partial charge in [0.25, 0.3) is 10.0 Å². The molecule has 2 N–H and O–H groups in total. The van der Waals surface area contributed by atoms with E-state index < -0.39 is 10.0 Å². The number of hydrogen-bond donors (Lipinski definition) is 1. The van der Waals surface area contributed by atoms with E-state index in [1.54, 1.807) is 26.0 Å². The molecule has 1 aromatic carbocycles. The molecular weight excluding hydrogens is 228 g/mol. The van der Waals surface area contributed by atoms with Gasteiger partial charge in [-0.15, -0.1) is 0 Å². The van der Waals surface area contributed by atoms with Crippen LogP contribution in [0.2, 0.25) is 0 Å². The van der Waals surface area contributed by atoms with E-state index in [1.165, 1.54) is 14.2 Å². The molecule has 0 heterocycles. The Labute approximate surface area is 95.8 Å². The molecule has 0 unspecified atom stereocenters. The van der Waals surface area contributed by atoms with Crippen molar-refractivity contribution < 1.29 is 13.3 Å². The Kier molecular flexibility index (Phi) is 3.57. The zero-order chi connectivity index (χ0) is 12.5. The van der Waals surface area contributed by atoms with E-state index in [1.807, 2.05) is 0 Å². The molecule has 0 saturated heterocycles. The molecule has 90 valence electrons. The summed E-state index contributed by atoms with van der Waals surface area (Å²) < 4.78 is 25.0. The van der Waals surface area contributed by atoms with Gasteiger partial charge in [-0.1, -0.05) is 16.6 Å². The molecule has 6 heteroatoms. The van der Waals surface area contributed by atoms with E-state index in [9.17, 15) is 8.42 Å². The first-order valence-electron chi connectivity index (χ1n) is 4.71. The molecule has 0 aromatic heterocycles. The highest BCUT2D eigenvalue weighted by Gasteiger charge is 2.26. The maximum atomic E-state index is 12.1. The van der Waals surface area contributed by atoms with Crippen LogP contribution in [0, 0.1) is 13.8 Å². The lowest BCUT2D eigenvalue weighted by atomic mass is 10.1. The second kappa shape index (κ2) is 4.40. The van der Waals surface area contributed by atoms with E-state index in [0.29, 0.717) is 5.56 Å². The number of rotatable bonds is 3. The quantitative estimate of drug-likeness (QED) is 0.637. The maximum absolute atomic E-state index is 12.1. The maximum Gasteiger partial charge on any atom is 0.267 e. The fourth-order valence-corrected chi connectivity index (χ4v) is 2.74. The number of sulfonamides is 1. The number of benzene rings is 1. The molecule has 1 rings (SSSR count). The zero-order valence-electron chi connectivity index (χ0n) is 9.81. The predicted molar refractivity (Wildman–Crippen MR) is 62.3 cm³/mol. The first-order chi connectivity index (χ1) is 7.32. The average molecular weight is 244 g/mol. The summed E-state index contributed by atoms with van der Waals surface area (Å²) in [5.74, 6) is 0. The van der Waals surface area contributed by atoms with Gasteiger partial charge in [0, 0.05) is 7.05 Å². The molecule has 0 atom stereocenters. The highest BCUT2D eigenvalue weighted by molar-refractivity contribution is 7.89. The second-order valence-corrected chi connectivity index (χ2v) is 5.41. The Morgan fingerprint density at radius 1 is 1.25 bits per heavy atom. The fraction of sp³-hybridized carbons (Fsp3) is 0.400. The van der Waals surface area contributed by atoms with Crippen molar-refractivity contribution in [3.8, 4) is 0 Å². The smallest absolute Gasteiger partial charge is 0.267 e. The third-order valence-electron chi connectivity index (χ3n) is 2.46. The van der Waals surface area contributed by atoms with E-state index in [4.69, 9.17) is 10.6 Å². The monoisotopic (exact) mass is 244 g/mol. The van der Waals surface area contributed by atoms with Crippen LogP contribution in [0.15, 0.2) is 17.0 Å². The van der Waals surface area contributed by atoms with Crippen LogP contribution in [-0.4, -0.2) is 27.0 Å². The largest absolute Gasteiger partial charge is 0.397 e. The van der Waals surface area contributed by atoms with Crippen LogP contribution in [0.5, 0.6) is 0 Å². The molecular formula is C10H16N2O3S. The van der Waals surface area contributed by atoms with Gasteiger partial charge in [-0.25, -0.2) is 8.42 Å². The minimum atomic E-state index is -3.69. The molecule has 0 saturated carbocycles. The summed E-state index contributed by atoms with van der Waals surface area (Å²) in [5, 5.41) is 0. The Morgan fingerprint density at radius 2 is 1.75 bits per heavy atom. The third kappa shape index (κ3) is 2.04. The standard InChI is InChI=1S/C10H16N2O3S/c1-7-5-6-8(2)10(9(7)11)16(13,14)12(3)15-4/h5-6H,11H2,1-4H3. The number of hydrogen-bond acceptors (Lipinski definition) is 4. The minimum Gasteiger partial charge on any atom is -0.397 e. The highest BCUT2D eigenvalue weighted by atomic mass is 32.2. The predicted octanol–water partition coefficient (Wildman–Crippen LogP) is 1.07. The lowest BCUT2D eigenvalue weighted by Gasteiger charge is -2.18. The average Bonchev–Trinajstić information content (AvgIpc) is 2.22. The molecule has 0 aliphatic heterocycles. The van der Waals surface area contributed by atoms with E-state index in [2.05, 4.69) is 0 Å². The van der Waals surface area contributed by atoms with Gasteiger partial charge in [0.2, 0.25) is 0 Å². The lowest BCUT2D eigenvalue weighted by molar-refractivity contribution is -0.0258. The van der Waals surface area contributed by atoms with E-state index in [0.717, 1.165) is 10.0 Å². The zero-order valence-corrected chi connectivity index (χ0v) is 10.6. The number of nitrogen functional groups attached to an aromatic ring is 1. The number of hydroxylamine groups is 1. The number of nitrogens with two attached hydrogens (primary N) is 1. The first kappa shape index (κ1) is 13.0. The lowest BCUT2D eigenvalue weighted by Crippen LogP contribution is -2.27. The van der Waals surface area contributed by atoms with Crippen LogP contribution in [0.3, 0.4) is 0 Å². The van der Waals surface area contributed by atoms with Crippen LogP contribution in [0.4, 0.5) is 5.69 Å². The fourth-order valence-electron chi connectivity index (χ4n) is 1.38. The third-order valence-corrected chi connectivity index (χ3v) is 4.35. The van der Waals surface area contributed by atoms with Crippen molar-refractivity contribution in [3.05, 3.63) is 23.3 Å². The topological polar surface area (TPSA) is 72.6 Å². The normalized spacial score (nSPS) is 12.1. The number of anilines is 1. The Hall–Kier alpha value is -1.11. The SMILES string of the molecule is CON(C)S(=O)(=O)c1c(C)ccc(C)c1N. The molecule has 0 bridgehead atoms. The molecule has 16 heavy (non-hydrogen) atoms. The van der Waals surface area contributed by atoms with Gasteiger partial charge < -0.3 is 5.73 Å². The summed E-state index contributed by atoms with van der Waals surface area (Å²) in [5.41, 5.74) is 7.40. The van der Waals surface area contributed by atoms with Crippen molar-refractivity contribution in [3.63, 3.8) is 0 Å². The Balaban J connectivity index is 3.50.